The lowest BCUT2D eigenvalue weighted by Crippen LogP contribution is -2.15. The van der Waals surface area contributed by atoms with Gasteiger partial charge in [-0.05, 0) is 60.7 Å². The molecule has 0 saturated heterocycles. The van der Waals surface area contributed by atoms with E-state index in [1.807, 2.05) is 43.5 Å². The fourth-order valence-electron chi connectivity index (χ4n) is 3.08. The Morgan fingerprint density at radius 1 is 0.967 bits per heavy atom. The van der Waals surface area contributed by atoms with Crippen molar-refractivity contribution in [3.05, 3.63) is 59.2 Å². The van der Waals surface area contributed by atoms with Gasteiger partial charge in [-0.25, -0.2) is 0 Å². The van der Waals surface area contributed by atoms with E-state index in [1.54, 1.807) is 6.08 Å². The third kappa shape index (κ3) is 6.12. The molecule has 2 aromatic rings. The number of ketones is 1. The van der Waals surface area contributed by atoms with Crippen LogP contribution in [0.4, 0.5) is 5.69 Å². The van der Waals surface area contributed by atoms with Crippen LogP contribution in [0.25, 0.3) is 6.08 Å². The first-order chi connectivity index (χ1) is 14.3. The predicted octanol–water partition coefficient (Wildman–Crippen LogP) is 6.50. The number of anilines is 1. The highest BCUT2D eigenvalue weighted by Gasteiger charge is 2.23. The van der Waals surface area contributed by atoms with Crippen molar-refractivity contribution in [2.24, 2.45) is 0 Å². The zero-order valence-corrected chi connectivity index (χ0v) is 19.2. The zero-order valence-electron chi connectivity index (χ0n) is 19.2. The van der Waals surface area contributed by atoms with Gasteiger partial charge in [-0.3, -0.25) is 4.79 Å². The molecule has 0 aliphatic rings. The maximum atomic E-state index is 12.8. The third-order valence-electron chi connectivity index (χ3n) is 4.74. The molecular weight excluding hydrogens is 374 g/mol. The summed E-state index contributed by atoms with van der Waals surface area (Å²) in [6.45, 7) is 11.9. The normalized spacial score (nSPS) is 11.5. The third-order valence-corrected chi connectivity index (χ3v) is 4.74. The Bertz CT molecular complexity index is 861. The minimum atomic E-state index is -0.0953. The zero-order chi connectivity index (χ0) is 22.1. The highest BCUT2D eigenvalue weighted by Crippen LogP contribution is 2.40. The van der Waals surface area contributed by atoms with Crippen molar-refractivity contribution in [1.82, 2.24) is 0 Å². The van der Waals surface area contributed by atoms with Gasteiger partial charge < -0.3 is 14.8 Å². The SMILES string of the molecule is CCCOc1ccc(C(C)(C)C)c(OCCC)c1/C=C/C(=O)c1ccc(NC)cc1. The van der Waals surface area contributed by atoms with E-state index in [0.717, 1.165) is 41.2 Å². The van der Waals surface area contributed by atoms with Crippen LogP contribution >= 0.6 is 0 Å². The Labute approximate surface area is 181 Å². The van der Waals surface area contributed by atoms with Crippen LogP contribution in [0.2, 0.25) is 0 Å². The smallest absolute Gasteiger partial charge is 0.185 e. The van der Waals surface area contributed by atoms with Gasteiger partial charge in [0.2, 0.25) is 0 Å². The van der Waals surface area contributed by atoms with Crippen molar-refractivity contribution in [2.75, 3.05) is 25.6 Å². The molecule has 0 bridgehead atoms. The molecule has 162 valence electrons. The molecule has 30 heavy (non-hydrogen) atoms. The molecule has 2 aromatic carbocycles. The molecule has 2 rings (SSSR count). The lowest BCUT2D eigenvalue weighted by Gasteiger charge is -2.25. The van der Waals surface area contributed by atoms with Crippen LogP contribution in [0.3, 0.4) is 0 Å². The molecule has 1 N–H and O–H groups in total. The summed E-state index contributed by atoms with van der Waals surface area (Å²) in [5.41, 5.74) is 3.44. The lowest BCUT2D eigenvalue weighted by molar-refractivity contribution is 0.104. The molecule has 0 aromatic heterocycles. The van der Waals surface area contributed by atoms with Crippen LogP contribution in [0.15, 0.2) is 42.5 Å². The number of carbonyl (C=O) groups is 1. The minimum absolute atomic E-state index is 0.0540. The van der Waals surface area contributed by atoms with Gasteiger partial charge in [0.05, 0.1) is 18.8 Å². The van der Waals surface area contributed by atoms with Crippen molar-refractivity contribution in [3.8, 4) is 11.5 Å². The first kappa shape index (κ1) is 23.5. The second-order valence-electron chi connectivity index (χ2n) is 8.33. The summed E-state index contributed by atoms with van der Waals surface area (Å²) < 4.78 is 12.2. The molecule has 0 fully saturated rings. The van der Waals surface area contributed by atoms with Gasteiger partial charge in [-0.15, -0.1) is 0 Å². The van der Waals surface area contributed by atoms with Crippen LogP contribution < -0.4 is 14.8 Å². The number of hydrogen-bond acceptors (Lipinski definition) is 4. The summed E-state index contributed by atoms with van der Waals surface area (Å²) in [6, 6.07) is 11.5. The van der Waals surface area contributed by atoms with E-state index in [-0.39, 0.29) is 11.2 Å². The van der Waals surface area contributed by atoms with Crippen LogP contribution in [0.1, 0.15) is 68.9 Å². The number of hydrogen-bond donors (Lipinski definition) is 1. The summed E-state index contributed by atoms with van der Waals surface area (Å²) >= 11 is 0. The summed E-state index contributed by atoms with van der Waals surface area (Å²) in [5.74, 6) is 1.49. The quantitative estimate of drug-likeness (QED) is 0.359. The van der Waals surface area contributed by atoms with Crippen molar-refractivity contribution in [3.63, 3.8) is 0 Å². The highest BCUT2D eigenvalue weighted by atomic mass is 16.5. The van der Waals surface area contributed by atoms with E-state index in [1.165, 1.54) is 0 Å². The molecular formula is C26H35NO3. The number of benzene rings is 2. The maximum Gasteiger partial charge on any atom is 0.185 e. The number of ether oxygens (including phenoxy) is 2. The molecule has 0 aliphatic carbocycles. The molecule has 0 radical (unpaired) electrons. The molecule has 4 heteroatoms. The Morgan fingerprint density at radius 2 is 1.60 bits per heavy atom. The first-order valence-electron chi connectivity index (χ1n) is 10.7. The Kier molecular flexibility index (Phi) is 8.52. The molecule has 0 unspecified atom stereocenters. The number of allylic oxidation sites excluding steroid dienone is 1. The van der Waals surface area contributed by atoms with Crippen LogP contribution in [0.5, 0.6) is 11.5 Å². The lowest BCUT2D eigenvalue weighted by atomic mass is 9.84. The highest BCUT2D eigenvalue weighted by molar-refractivity contribution is 6.07. The monoisotopic (exact) mass is 409 g/mol. The molecule has 0 aliphatic heterocycles. The fourth-order valence-corrected chi connectivity index (χ4v) is 3.08. The molecule has 4 nitrogen and oxygen atoms in total. The van der Waals surface area contributed by atoms with Gasteiger partial charge in [0.1, 0.15) is 11.5 Å². The number of nitrogens with one attached hydrogen (secondary N) is 1. The summed E-state index contributed by atoms with van der Waals surface area (Å²) in [5, 5.41) is 3.06. The van der Waals surface area contributed by atoms with Crippen LogP contribution in [0, 0.1) is 0 Å². The van der Waals surface area contributed by atoms with Crippen molar-refractivity contribution in [2.45, 2.75) is 52.9 Å². The van der Waals surface area contributed by atoms with E-state index in [4.69, 9.17) is 9.47 Å². The van der Waals surface area contributed by atoms with Crippen LogP contribution in [-0.4, -0.2) is 26.0 Å². The maximum absolute atomic E-state index is 12.8. The standard InChI is InChI=1S/C26H35NO3/c1-7-17-29-24-16-14-22(26(3,4)5)25(30-18-8-2)21(24)13-15-23(28)19-9-11-20(27-6)12-10-19/h9-16,27H,7-8,17-18H2,1-6H3/b15-13+. The second kappa shape index (κ2) is 10.9. The predicted molar refractivity (Wildman–Crippen MR) is 126 cm³/mol. The largest absolute Gasteiger partial charge is 0.493 e. The van der Waals surface area contributed by atoms with Gasteiger partial charge >= 0.3 is 0 Å². The fraction of sp³-hybridized carbons (Fsp3) is 0.423. The minimum Gasteiger partial charge on any atom is -0.493 e. The average molecular weight is 410 g/mol. The van der Waals surface area contributed by atoms with Crippen LogP contribution in [-0.2, 0) is 5.41 Å². The number of carbonyl (C=O) groups excluding carboxylic acids is 1. The summed E-state index contributed by atoms with van der Waals surface area (Å²) in [4.78, 5) is 12.8. The van der Waals surface area contributed by atoms with Gasteiger partial charge in [-0.2, -0.15) is 0 Å². The first-order valence-corrected chi connectivity index (χ1v) is 10.7. The van der Waals surface area contributed by atoms with E-state index in [9.17, 15) is 4.79 Å². The Morgan fingerprint density at radius 3 is 2.17 bits per heavy atom. The molecule has 0 amide bonds. The average Bonchev–Trinajstić information content (AvgIpc) is 2.73. The number of rotatable bonds is 10. The van der Waals surface area contributed by atoms with Gasteiger partial charge in [0.15, 0.2) is 5.78 Å². The van der Waals surface area contributed by atoms with E-state index in [0.29, 0.717) is 18.8 Å². The second-order valence-corrected chi connectivity index (χ2v) is 8.33. The van der Waals surface area contributed by atoms with E-state index >= 15 is 0 Å². The summed E-state index contributed by atoms with van der Waals surface area (Å²) in [6.07, 6.45) is 5.25. The summed E-state index contributed by atoms with van der Waals surface area (Å²) in [7, 11) is 1.86. The van der Waals surface area contributed by atoms with Crippen molar-refractivity contribution < 1.29 is 14.3 Å². The van der Waals surface area contributed by atoms with Gasteiger partial charge in [0.25, 0.3) is 0 Å². The Balaban J connectivity index is 2.49. The Hall–Kier alpha value is -2.75. The van der Waals surface area contributed by atoms with Crippen molar-refractivity contribution >= 4 is 17.5 Å². The topological polar surface area (TPSA) is 47.6 Å². The molecule has 0 atom stereocenters. The van der Waals surface area contributed by atoms with Gasteiger partial charge in [-0.1, -0.05) is 40.7 Å². The molecule has 0 spiro atoms. The molecule has 0 saturated carbocycles. The van der Waals surface area contributed by atoms with Gasteiger partial charge in [0, 0.05) is 23.9 Å². The molecule has 0 heterocycles. The van der Waals surface area contributed by atoms with E-state index < -0.39 is 0 Å². The van der Waals surface area contributed by atoms with E-state index in [2.05, 4.69) is 46.0 Å². The van der Waals surface area contributed by atoms with Crippen molar-refractivity contribution in [1.29, 1.82) is 0 Å².